The number of hydrogen-bond donors (Lipinski definition) is 0. The highest BCUT2D eigenvalue weighted by atomic mass is 16.1. The Kier molecular flexibility index (Phi) is 3.66. The third kappa shape index (κ3) is 2.53. The van der Waals surface area contributed by atoms with Crippen molar-refractivity contribution in [3.63, 3.8) is 0 Å². The molecule has 1 saturated heterocycles. The number of pyridine rings is 1. The number of piperazine rings is 1. The molecule has 0 spiro atoms. The quantitative estimate of drug-likeness (QED) is 0.747. The molecule has 0 radical (unpaired) electrons. The van der Waals surface area contributed by atoms with E-state index in [-0.39, 0.29) is 5.78 Å². The van der Waals surface area contributed by atoms with Crippen molar-refractivity contribution in [1.82, 2.24) is 9.88 Å². The van der Waals surface area contributed by atoms with Crippen LogP contribution in [0.3, 0.4) is 0 Å². The number of aromatic nitrogens is 1. The van der Waals surface area contributed by atoms with Crippen LogP contribution in [-0.2, 0) is 0 Å². The van der Waals surface area contributed by atoms with Gasteiger partial charge in [-0.25, -0.2) is 4.98 Å². The molecule has 1 aliphatic heterocycles. The highest BCUT2D eigenvalue weighted by molar-refractivity contribution is 5.93. The molecule has 1 aliphatic rings. The van der Waals surface area contributed by atoms with Gasteiger partial charge in [0.15, 0.2) is 5.78 Å². The predicted molar refractivity (Wildman–Crippen MR) is 73.1 cm³/mol. The summed E-state index contributed by atoms with van der Waals surface area (Å²) in [6.07, 6.45) is 1.67. The molecule has 2 unspecified atom stereocenters. The van der Waals surface area contributed by atoms with E-state index in [9.17, 15) is 4.79 Å². The van der Waals surface area contributed by atoms with Crippen LogP contribution in [-0.4, -0.2) is 47.9 Å². The molecule has 1 aromatic rings. The second-order valence-corrected chi connectivity index (χ2v) is 5.23. The lowest BCUT2D eigenvalue weighted by Gasteiger charge is -2.43. The number of hydrogen-bond acceptors (Lipinski definition) is 4. The van der Waals surface area contributed by atoms with Gasteiger partial charge in [0, 0.05) is 36.9 Å². The molecule has 2 atom stereocenters. The zero-order valence-electron chi connectivity index (χ0n) is 11.6. The summed E-state index contributed by atoms with van der Waals surface area (Å²) in [7, 11) is 2.17. The number of ketones is 1. The van der Waals surface area contributed by atoms with Gasteiger partial charge in [-0.2, -0.15) is 0 Å². The van der Waals surface area contributed by atoms with Crippen molar-refractivity contribution in [2.45, 2.75) is 32.9 Å². The molecular weight excluding hydrogens is 226 g/mol. The van der Waals surface area contributed by atoms with Crippen molar-refractivity contribution in [2.75, 3.05) is 25.0 Å². The fraction of sp³-hybridized carbons (Fsp3) is 0.571. The third-order valence-corrected chi connectivity index (χ3v) is 3.84. The molecule has 1 fully saturated rings. The van der Waals surface area contributed by atoms with Crippen LogP contribution < -0.4 is 4.90 Å². The van der Waals surface area contributed by atoms with Crippen LogP contribution in [0.4, 0.5) is 5.82 Å². The second kappa shape index (κ2) is 5.06. The number of anilines is 1. The zero-order chi connectivity index (χ0) is 13.3. The summed E-state index contributed by atoms with van der Waals surface area (Å²) in [6, 6.07) is 4.84. The molecular formula is C14H21N3O. The maximum atomic E-state index is 11.2. The first-order valence-corrected chi connectivity index (χ1v) is 6.43. The van der Waals surface area contributed by atoms with E-state index < -0.39 is 0 Å². The fourth-order valence-electron chi connectivity index (χ4n) is 2.37. The molecule has 4 nitrogen and oxygen atoms in total. The van der Waals surface area contributed by atoms with E-state index in [2.05, 4.69) is 35.7 Å². The zero-order valence-corrected chi connectivity index (χ0v) is 11.6. The topological polar surface area (TPSA) is 36.4 Å². The highest BCUT2D eigenvalue weighted by Crippen LogP contribution is 2.19. The number of likely N-dealkylation sites (N-methyl/N-ethyl adjacent to an activating group) is 1. The summed E-state index contributed by atoms with van der Waals surface area (Å²) in [5, 5.41) is 0. The number of nitrogens with zero attached hydrogens (tertiary/aromatic N) is 3. The lowest BCUT2D eigenvalue weighted by atomic mass is 10.1. The Labute approximate surface area is 109 Å². The van der Waals surface area contributed by atoms with Gasteiger partial charge in [0.2, 0.25) is 0 Å². The Morgan fingerprint density at radius 2 is 1.89 bits per heavy atom. The smallest absolute Gasteiger partial charge is 0.161 e. The van der Waals surface area contributed by atoms with Crippen molar-refractivity contribution < 1.29 is 4.79 Å². The Bertz CT molecular complexity index is 417. The van der Waals surface area contributed by atoms with Crippen LogP contribution in [0.2, 0.25) is 0 Å². The molecule has 0 aromatic carbocycles. The maximum absolute atomic E-state index is 11.2. The summed E-state index contributed by atoms with van der Waals surface area (Å²) in [4.78, 5) is 20.3. The number of carbonyl (C=O) groups excluding carboxylic acids is 1. The van der Waals surface area contributed by atoms with Crippen LogP contribution in [0.15, 0.2) is 18.3 Å². The first-order valence-electron chi connectivity index (χ1n) is 6.43. The van der Waals surface area contributed by atoms with Crippen LogP contribution in [0.5, 0.6) is 0 Å². The second-order valence-electron chi connectivity index (χ2n) is 5.23. The molecule has 2 rings (SSSR count). The molecule has 0 N–H and O–H groups in total. The van der Waals surface area contributed by atoms with E-state index in [0.717, 1.165) is 18.9 Å². The van der Waals surface area contributed by atoms with Crippen LogP contribution >= 0.6 is 0 Å². The van der Waals surface area contributed by atoms with E-state index >= 15 is 0 Å². The fourth-order valence-corrected chi connectivity index (χ4v) is 2.37. The Hall–Kier alpha value is -1.42. The SMILES string of the molecule is CC(=O)c1ccc(N2CC(C)N(C)C(C)C2)nc1. The molecule has 4 heteroatoms. The van der Waals surface area contributed by atoms with Gasteiger partial charge in [0.05, 0.1) is 0 Å². The average Bonchev–Trinajstić information content (AvgIpc) is 2.35. The van der Waals surface area contributed by atoms with Gasteiger partial charge >= 0.3 is 0 Å². The van der Waals surface area contributed by atoms with Crippen molar-refractivity contribution in [2.24, 2.45) is 0 Å². The summed E-state index contributed by atoms with van der Waals surface area (Å²) in [5.74, 6) is 1.03. The van der Waals surface area contributed by atoms with Gasteiger partial charge in [-0.1, -0.05) is 0 Å². The van der Waals surface area contributed by atoms with E-state index in [4.69, 9.17) is 0 Å². The molecule has 98 valence electrons. The minimum atomic E-state index is 0.0640. The molecule has 1 aromatic heterocycles. The van der Waals surface area contributed by atoms with Gasteiger partial charge in [0.1, 0.15) is 5.82 Å². The number of rotatable bonds is 2. The summed E-state index contributed by atoms with van der Waals surface area (Å²) in [6.45, 7) is 7.98. The van der Waals surface area contributed by atoms with Crippen LogP contribution in [0, 0.1) is 0 Å². The maximum Gasteiger partial charge on any atom is 0.161 e. The minimum Gasteiger partial charge on any atom is -0.354 e. The minimum absolute atomic E-state index is 0.0640. The Balaban J connectivity index is 2.14. The largest absolute Gasteiger partial charge is 0.354 e. The Morgan fingerprint density at radius 1 is 1.28 bits per heavy atom. The van der Waals surface area contributed by atoms with Crippen LogP contribution in [0.25, 0.3) is 0 Å². The van der Waals surface area contributed by atoms with Crippen molar-refractivity contribution in [1.29, 1.82) is 0 Å². The van der Waals surface area contributed by atoms with Crippen molar-refractivity contribution >= 4 is 11.6 Å². The highest BCUT2D eigenvalue weighted by Gasteiger charge is 2.27. The predicted octanol–water partition coefficient (Wildman–Crippen LogP) is 1.81. The summed E-state index contributed by atoms with van der Waals surface area (Å²) < 4.78 is 0. The first-order chi connectivity index (χ1) is 8.49. The average molecular weight is 247 g/mol. The number of carbonyl (C=O) groups is 1. The molecule has 2 heterocycles. The Morgan fingerprint density at radius 3 is 2.33 bits per heavy atom. The van der Waals surface area contributed by atoms with Crippen molar-refractivity contribution in [3.8, 4) is 0 Å². The van der Waals surface area contributed by atoms with Gasteiger partial charge in [-0.15, -0.1) is 0 Å². The summed E-state index contributed by atoms with van der Waals surface area (Å²) >= 11 is 0. The van der Waals surface area contributed by atoms with Gasteiger partial charge in [-0.05, 0) is 40.0 Å². The molecule has 0 saturated carbocycles. The molecule has 18 heavy (non-hydrogen) atoms. The van der Waals surface area contributed by atoms with E-state index in [1.54, 1.807) is 13.1 Å². The van der Waals surface area contributed by atoms with Gasteiger partial charge in [-0.3, -0.25) is 9.69 Å². The van der Waals surface area contributed by atoms with Gasteiger partial charge < -0.3 is 4.90 Å². The van der Waals surface area contributed by atoms with Gasteiger partial charge in [0.25, 0.3) is 0 Å². The van der Waals surface area contributed by atoms with Crippen molar-refractivity contribution in [3.05, 3.63) is 23.9 Å². The molecule has 0 bridgehead atoms. The van der Waals surface area contributed by atoms with E-state index in [1.165, 1.54) is 0 Å². The van der Waals surface area contributed by atoms with Crippen LogP contribution in [0.1, 0.15) is 31.1 Å². The number of Topliss-reactive ketones (excluding diaryl/α,β-unsaturated/α-hetero) is 1. The standard InChI is InChI=1S/C14H21N3O/c1-10-8-17(9-11(2)16(10)4)14-6-5-13(7-15-14)12(3)18/h5-7,10-11H,8-9H2,1-4H3. The van der Waals surface area contributed by atoms with E-state index in [1.807, 2.05) is 12.1 Å². The summed E-state index contributed by atoms with van der Waals surface area (Å²) in [5.41, 5.74) is 0.675. The monoisotopic (exact) mass is 247 g/mol. The molecule has 0 aliphatic carbocycles. The lowest BCUT2D eigenvalue weighted by Crippen LogP contribution is -2.55. The lowest BCUT2D eigenvalue weighted by molar-refractivity contribution is 0.101. The normalized spacial score (nSPS) is 25.2. The molecule has 0 amide bonds. The third-order valence-electron chi connectivity index (χ3n) is 3.84. The first kappa shape index (κ1) is 13.0. The van der Waals surface area contributed by atoms with E-state index in [0.29, 0.717) is 17.6 Å².